The summed E-state index contributed by atoms with van der Waals surface area (Å²) in [7, 11) is 1.51. The number of carbonyl (C=O) groups excluding carboxylic acids is 1. The van der Waals surface area contributed by atoms with Gasteiger partial charge in [0.05, 0.1) is 0 Å². The molecule has 1 aliphatic rings. The Morgan fingerprint density at radius 1 is 1.21 bits per heavy atom. The Morgan fingerprint density at radius 3 is 2.58 bits per heavy atom. The summed E-state index contributed by atoms with van der Waals surface area (Å²) < 4.78 is 0. The molecule has 1 amide bonds. The molecule has 24 heavy (non-hydrogen) atoms. The summed E-state index contributed by atoms with van der Waals surface area (Å²) in [6.07, 6.45) is 3.88. The number of hydrogen-bond acceptors (Lipinski definition) is 4. The molecule has 0 aliphatic carbocycles. The van der Waals surface area contributed by atoms with Crippen molar-refractivity contribution in [2.75, 3.05) is 20.1 Å². The van der Waals surface area contributed by atoms with Gasteiger partial charge in [0.2, 0.25) is 0 Å². The van der Waals surface area contributed by atoms with Crippen LogP contribution in [0.3, 0.4) is 0 Å². The van der Waals surface area contributed by atoms with E-state index in [0.29, 0.717) is 5.82 Å². The number of piperidine rings is 1. The van der Waals surface area contributed by atoms with E-state index >= 15 is 0 Å². The molecule has 1 saturated heterocycles. The Labute approximate surface area is 140 Å². The first-order valence-corrected chi connectivity index (χ1v) is 8.31. The van der Waals surface area contributed by atoms with E-state index in [1.165, 1.54) is 37.9 Å². The molecule has 1 fully saturated rings. The fraction of sp³-hybridized carbons (Fsp3) is 0.389. The average Bonchev–Trinajstić information content (AvgIpc) is 2.62. The molecular weight excluding hydrogens is 304 g/mol. The molecule has 6 heteroatoms. The molecule has 3 rings (SSSR count). The third kappa shape index (κ3) is 3.89. The second-order valence-electron chi connectivity index (χ2n) is 6.09. The molecular formula is C18H22N4O2. The van der Waals surface area contributed by atoms with Crippen LogP contribution in [0.5, 0.6) is 0 Å². The zero-order chi connectivity index (χ0) is 16.9. The summed E-state index contributed by atoms with van der Waals surface area (Å²) in [6.45, 7) is 3.26. The largest absolute Gasteiger partial charge is 0.354 e. The number of carbonyl (C=O) groups is 1. The monoisotopic (exact) mass is 326 g/mol. The van der Waals surface area contributed by atoms with Gasteiger partial charge in [0.25, 0.3) is 11.5 Å². The Hall–Kier alpha value is -2.47. The fourth-order valence-electron chi connectivity index (χ4n) is 2.98. The van der Waals surface area contributed by atoms with Gasteiger partial charge in [-0.3, -0.25) is 14.5 Å². The Bertz CT molecular complexity index is 761. The molecule has 2 aromatic rings. The lowest BCUT2D eigenvalue weighted by Gasteiger charge is -2.26. The van der Waals surface area contributed by atoms with Gasteiger partial charge in [0, 0.05) is 25.2 Å². The molecule has 1 aromatic carbocycles. The maximum Gasteiger partial charge on any atom is 0.269 e. The lowest BCUT2D eigenvalue weighted by Crippen LogP contribution is -2.29. The van der Waals surface area contributed by atoms with Gasteiger partial charge >= 0.3 is 0 Å². The van der Waals surface area contributed by atoms with E-state index in [1.807, 2.05) is 12.1 Å². The van der Waals surface area contributed by atoms with E-state index in [2.05, 4.69) is 32.3 Å². The minimum Gasteiger partial charge on any atom is -0.354 e. The van der Waals surface area contributed by atoms with Crippen LogP contribution in [-0.4, -0.2) is 40.9 Å². The zero-order valence-electron chi connectivity index (χ0n) is 13.8. The second kappa shape index (κ2) is 7.40. The van der Waals surface area contributed by atoms with Crippen molar-refractivity contribution in [2.45, 2.75) is 25.8 Å². The first-order chi connectivity index (χ1) is 11.7. The van der Waals surface area contributed by atoms with Gasteiger partial charge < -0.3 is 10.3 Å². The van der Waals surface area contributed by atoms with Crippen LogP contribution in [0.2, 0.25) is 0 Å². The Kier molecular flexibility index (Phi) is 5.05. The van der Waals surface area contributed by atoms with Crippen LogP contribution in [0.15, 0.2) is 35.1 Å². The number of H-pyrrole nitrogens is 1. The summed E-state index contributed by atoms with van der Waals surface area (Å²) in [6, 6.07) is 9.18. The van der Waals surface area contributed by atoms with E-state index in [-0.39, 0.29) is 17.2 Å². The van der Waals surface area contributed by atoms with Crippen LogP contribution in [0.4, 0.5) is 0 Å². The maximum absolute atomic E-state index is 11.8. The highest BCUT2D eigenvalue weighted by molar-refractivity contribution is 5.92. The van der Waals surface area contributed by atoms with Crippen LogP contribution in [-0.2, 0) is 6.54 Å². The molecule has 0 unspecified atom stereocenters. The minimum absolute atomic E-state index is 0.119. The number of likely N-dealkylation sites (tertiary alicyclic amines) is 1. The van der Waals surface area contributed by atoms with Gasteiger partial charge in [-0.2, -0.15) is 0 Å². The van der Waals surface area contributed by atoms with E-state index < -0.39 is 0 Å². The predicted octanol–water partition coefficient (Wildman–Crippen LogP) is 1.78. The van der Waals surface area contributed by atoms with E-state index in [1.54, 1.807) is 0 Å². The number of hydrogen-bond donors (Lipinski definition) is 2. The Morgan fingerprint density at radius 2 is 1.92 bits per heavy atom. The average molecular weight is 326 g/mol. The van der Waals surface area contributed by atoms with E-state index in [9.17, 15) is 9.59 Å². The molecule has 0 radical (unpaired) electrons. The fourth-order valence-corrected chi connectivity index (χ4v) is 2.98. The van der Waals surface area contributed by atoms with Gasteiger partial charge in [0.1, 0.15) is 11.5 Å². The van der Waals surface area contributed by atoms with Crippen LogP contribution < -0.4 is 10.9 Å². The number of benzene rings is 1. The SMILES string of the molecule is CNC(=O)c1cc(=O)[nH]c(-c2ccc(CN3CCCCC3)cc2)n1. The second-order valence-corrected chi connectivity index (χ2v) is 6.09. The molecule has 1 aromatic heterocycles. The summed E-state index contributed by atoms with van der Waals surface area (Å²) >= 11 is 0. The van der Waals surface area contributed by atoms with Crippen molar-refractivity contribution < 1.29 is 4.79 Å². The summed E-state index contributed by atoms with van der Waals surface area (Å²) in [5.74, 6) is 0.0368. The molecule has 126 valence electrons. The van der Waals surface area contributed by atoms with Crippen LogP contribution in [0.25, 0.3) is 11.4 Å². The molecule has 0 atom stereocenters. The first-order valence-electron chi connectivity index (χ1n) is 8.31. The number of nitrogens with one attached hydrogen (secondary N) is 2. The highest BCUT2D eigenvalue weighted by Gasteiger charge is 2.12. The van der Waals surface area contributed by atoms with Crippen molar-refractivity contribution >= 4 is 5.91 Å². The molecule has 0 spiro atoms. The normalized spacial score (nSPS) is 15.2. The van der Waals surface area contributed by atoms with Crippen molar-refractivity contribution in [3.05, 3.63) is 51.9 Å². The number of aromatic amines is 1. The predicted molar refractivity (Wildman–Crippen MR) is 92.8 cm³/mol. The topological polar surface area (TPSA) is 78.1 Å². The van der Waals surface area contributed by atoms with Crippen molar-refractivity contribution in [1.82, 2.24) is 20.2 Å². The quantitative estimate of drug-likeness (QED) is 0.898. The number of rotatable bonds is 4. The van der Waals surface area contributed by atoms with Gasteiger partial charge in [0.15, 0.2) is 0 Å². The highest BCUT2D eigenvalue weighted by atomic mass is 16.2. The van der Waals surface area contributed by atoms with Gasteiger partial charge in [-0.15, -0.1) is 0 Å². The van der Waals surface area contributed by atoms with Crippen LogP contribution in [0.1, 0.15) is 35.3 Å². The van der Waals surface area contributed by atoms with Gasteiger partial charge in [-0.1, -0.05) is 30.7 Å². The third-order valence-electron chi connectivity index (χ3n) is 4.28. The molecule has 0 saturated carbocycles. The first kappa shape index (κ1) is 16.4. The number of amides is 1. The molecule has 2 heterocycles. The Balaban J connectivity index is 1.79. The van der Waals surface area contributed by atoms with Crippen LogP contribution in [0, 0.1) is 0 Å². The van der Waals surface area contributed by atoms with Crippen molar-refractivity contribution in [2.24, 2.45) is 0 Å². The lowest BCUT2D eigenvalue weighted by atomic mass is 10.1. The van der Waals surface area contributed by atoms with Gasteiger partial charge in [-0.25, -0.2) is 4.98 Å². The molecule has 0 bridgehead atoms. The lowest BCUT2D eigenvalue weighted by molar-refractivity contribution is 0.0958. The maximum atomic E-state index is 11.8. The summed E-state index contributed by atoms with van der Waals surface area (Å²) in [4.78, 5) is 32.8. The van der Waals surface area contributed by atoms with Crippen molar-refractivity contribution in [3.63, 3.8) is 0 Å². The third-order valence-corrected chi connectivity index (χ3v) is 4.28. The number of nitrogens with zero attached hydrogens (tertiary/aromatic N) is 2. The summed E-state index contributed by atoms with van der Waals surface area (Å²) in [5.41, 5.74) is 1.82. The van der Waals surface area contributed by atoms with Gasteiger partial charge in [-0.05, 0) is 31.5 Å². The molecule has 6 nitrogen and oxygen atoms in total. The minimum atomic E-state index is -0.371. The molecule has 1 aliphatic heterocycles. The number of aromatic nitrogens is 2. The standard InChI is InChI=1S/C18H22N4O2/c1-19-18(24)15-11-16(23)21-17(20-15)14-7-5-13(6-8-14)12-22-9-3-2-4-10-22/h5-8,11H,2-4,9-10,12H2,1H3,(H,19,24)(H,20,21,23). The smallest absolute Gasteiger partial charge is 0.269 e. The summed E-state index contributed by atoms with van der Waals surface area (Å²) in [5, 5.41) is 2.48. The van der Waals surface area contributed by atoms with Crippen LogP contribution >= 0.6 is 0 Å². The van der Waals surface area contributed by atoms with E-state index in [0.717, 1.165) is 25.2 Å². The zero-order valence-corrected chi connectivity index (χ0v) is 13.8. The van der Waals surface area contributed by atoms with Crippen molar-refractivity contribution in [3.8, 4) is 11.4 Å². The van der Waals surface area contributed by atoms with Crippen molar-refractivity contribution in [1.29, 1.82) is 0 Å². The van der Waals surface area contributed by atoms with E-state index in [4.69, 9.17) is 0 Å². The highest BCUT2D eigenvalue weighted by Crippen LogP contribution is 2.17. The molecule has 2 N–H and O–H groups in total.